The van der Waals surface area contributed by atoms with Crippen LogP contribution in [0.3, 0.4) is 0 Å². The molecular formula is C16H27N3. The van der Waals surface area contributed by atoms with Crippen LogP contribution in [-0.4, -0.2) is 42.1 Å². The average molecular weight is 261 g/mol. The van der Waals surface area contributed by atoms with Crippen LogP contribution in [0.15, 0.2) is 24.4 Å². The van der Waals surface area contributed by atoms with Gasteiger partial charge in [-0.3, -0.25) is 4.98 Å². The Labute approximate surface area is 117 Å². The summed E-state index contributed by atoms with van der Waals surface area (Å²) in [7, 11) is 0. The van der Waals surface area contributed by atoms with Crippen LogP contribution in [0, 0.1) is 5.92 Å². The van der Waals surface area contributed by atoms with Gasteiger partial charge in [0.2, 0.25) is 0 Å². The first-order valence-electron chi connectivity index (χ1n) is 7.65. The topological polar surface area (TPSA) is 28.2 Å². The predicted octanol–water partition coefficient (Wildman–Crippen LogP) is 2.33. The Balaban J connectivity index is 1.84. The van der Waals surface area contributed by atoms with Crippen molar-refractivity contribution in [2.24, 2.45) is 5.92 Å². The van der Waals surface area contributed by atoms with Crippen molar-refractivity contribution in [1.82, 2.24) is 15.2 Å². The van der Waals surface area contributed by atoms with Gasteiger partial charge in [0.15, 0.2) is 0 Å². The zero-order valence-electron chi connectivity index (χ0n) is 12.3. The molecule has 1 aliphatic heterocycles. The predicted molar refractivity (Wildman–Crippen MR) is 80.2 cm³/mol. The minimum Gasteiger partial charge on any atom is -0.312 e. The van der Waals surface area contributed by atoms with E-state index in [2.05, 4.69) is 41.2 Å². The van der Waals surface area contributed by atoms with Gasteiger partial charge in [-0.15, -0.1) is 0 Å². The molecule has 1 N–H and O–H groups in total. The van der Waals surface area contributed by atoms with E-state index in [1.807, 2.05) is 12.3 Å². The SMILES string of the molecule is CCC(C)C1CN(CCc2ccccn2)CCCN1. The van der Waals surface area contributed by atoms with E-state index in [1.54, 1.807) is 0 Å². The molecule has 0 saturated carbocycles. The zero-order chi connectivity index (χ0) is 13.5. The summed E-state index contributed by atoms with van der Waals surface area (Å²) in [5.74, 6) is 0.760. The Morgan fingerprint density at radius 3 is 3.11 bits per heavy atom. The van der Waals surface area contributed by atoms with Crippen molar-refractivity contribution in [2.45, 2.75) is 39.2 Å². The molecule has 0 aliphatic carbocycles. The molecule has 2 heterocycles. The van der Waals surface area contributed by atoms with E-state index in [9.17, 15) is 0 Å². The van der Waals surface area contributed by atoms with Gasteiger partial charge in [-0.25, -0.2) is 0 Å². The molecule has 2 unspecified atom stereocenters. The zero-order valence-corrected chi connectivity index (χ0v) is 12.3. The summed E-state index contributed by atoms with van der Waals surface area (Å²) in [5.41, 5.74) is 1.21. The fourth-order valence-corrected chi connectivity index (χ4v) is 2.71. The van der Waals surface area contributed by atoms with E-state index in [4.69, 9.17) is 0 Å². The summed E-state index contributed by atoms with van der Waals surface area (Å²) < 4.78 is 0. The highest BCUT2D eigenvalue weighted by atomic mass is 15.2. The summed E-state index contributed by atoms with van der Waals surface area (Å²) in [6, 6.07) is 6.84. The molecule has 1 aromatic heterocycles. The standard InChI is InChI=1S/C16H27N3/c1-3-14(2)16-13-19(11-6-10-18-16)12-8-15-7-4-5-9-17-15/h4-5,7,9,14,16,18H,3,6,8,10-13H2,1-2H3. The summed E-state index contributed by atoms with van der Waals surface area (Å²) in [5, 5.41) is 3.70. The van der Waals surface area contributed by atoms with Crippen molar-refractivity contribution < 1.29 is 0 Å². The van der Waals surface area contributed by atoms with E-state index in [0.29, 0.717) is 6.04 Å². The van der Waals surface area contributed by atoms with Crippen LogP contribution in [0.2, 0.25) is 0 Å². The highest BCUT2D eigenvalue weighted by molar-refractivity contribution is 5.03. The van der Waals surface area contributed by atoms with Crippen molar-refractivity contribution in [3.63, 3.8) is 0 Å². The van der Waals surface area contributed by atoms with Crippen molar-refractivity contribution >= 4 is 0 Å². The van der Waals surface area contributed by atoms with E-state index in [1.165, 1.54) is 31.6 Å². The third-order valence-corrected chi connectivity index (χ3v) is 4.25. The van der Waals surface area contributed by atoms with Crippen LogP contribution in [0.4, 0.5) is 0 Å². The average Bonchev–Trinajstić information content (AvgIpc) is 2.71. The third kappa shape index (κ3) is 4.59. The molecule has 0 spiro atoms. The number of rotatable bonds is 5. The highest BCUT2D eigenvalue weighted by Gasteiger charge is 2.21. The Morgan fingerprint density at radius 2 is 2.37 bits per heavy atom. The van der Waals surface area contributed by atoms with Crippen molar-refractivity contribution in [1.29, 1.82) is 0 Å². The molecule has 1 saturated heterocycles. The molecule has 3 heteroatoms. The largest absolute Gasteiger partial charge is 0.312 e. The van der Waals surface area contributed by atoms with Crippen LogP contribution < -0.4 is 5.32 Å². The molecule has 2 atom stereocenters. The lowest BCUT2D eigenvalue weighted by Gasteiger charge is -2.27. The Morgan fingerprint density at radius 1 is 1.47 bits per heavy atom. The van der Waals surface area contributed by atoms with Crippen LogP contribution in [0.5, 0.6) is 0 Å². The van der Waals surface area contributed by atoms with Gasteiger partial charge in [-0.05, 0) is 37.6 Å². The summed E-state index contributed by atoms with van der Waals surface area (Å²) in [4.78, 5) is 7.02. The number of nitrogens with one attached hydrogen (secondary N) is 1. The molecule has 0 aromatic carbocycles. The Hall–Kier alpha value is -0.930. The van der Waals surface area contributed by atoms with Gasteiger partial charge in [0, 0.05) is 37.4 Å². The Bertz CT molecular complexity index is 352. The second-order valence-electron chi connectivity index (χ2n) is 5.67. The second-order valence-corrected chi connectivity index (χ2v) is 5.67. The van der Waals surface area contributed by atoms with E-state index in [0.717, 1.165) is 25.4 Å². The molecule has 2 rings (SSSR count). The van der Waals surface area contributed by atoms with E-state index >= 15 is 0 Å². The molecule has 19 heavy (non-hydrogen) atoms. The van der Waals surface area contributed by atoms with Crippen LogP contribution in [-0.2, 0) is 6.42 Å². The molecule has 3 nitrogen and oxygen atoms in total. The number of nitrogens with zero attached hydrogens (tertiary/aromatic N) is 2. The first-order chi connectivity index (χ1) is 9.29. The maximum absolute atomic E-state index is 4.41. The van der Waals surface area contributed by atoms with Crippen LogP contribution in [0.25, 0.3) is 0 Å². The quantitative estimate of drug-likeness (QED) is 0.882. The lowest BCUT2D eigenvalue weighted by molar-refractivity contribution is 0.240. The second kappa shape index (κ2) is 7.61. The van der Waals surface area contributed by atoms with Gasteiger partial charge in [0.05, 0.1) is 0 Å². The lowest BCUT2D eigenvalue weighted by Crippen LogP contribution is -2.42. The first-order valence-corrected chi connectivity index (χ1v) is 7.65. The van der Waals surface area contributed by atoms with E-state index in [-0.39, 0.29) is 0 Å². The summed E-state index contributed by atoms with van der Waals surface area (Å²) in [6.45, 7) is 9.34. The summed E-state index contributed by atoms with van der Waals surface area (Å²) >= 11 is 0. The molecular weight excluding hydrogens is 234 g/mol. The highest BCUT2D eigenvalue weighted by Crippen LogP contribution is 2.12. The molecule has 1 aliphatic rings. The minimum absolute atomic E-state index is 0.649. The van der Waals surface area contributed by atoms with Crippen molar-refractivity contribution in [3.05, 3.63) is 30.1 Å². The number of aromatic nitrogens is 1. The maximum Gasteiger partial charge on any atom is 0.0416 e. The normalized spacial score (nSPS) is 22.9. The molecule has 0 radical (unpaired) electrons. The smallest absolute Gasteiger partial charge is 0.0416 e. The first kappa shape index (κ1) is 14.5. The number of hydrogen-bond donors (Lipinski definition) is 1. The molecule has 1 fully saturated rings. The van der Waals surface area contributed by atoms with Gasteiger partial charge >= 0.3 is 0 Å². The molecule has 0 amide bonds. The van der Waals surface area contributed by atoms with Crippen LogP contribution >= 0.6 is 0 Å². The monoisotopic (exact) mass is 261 g/mol. The van der Waals surface area contributed by atoms with Gasteiger partial charge < -0.3 is 10.2 Å². The van der Waals surface area contributed by atoms with Gasteiger partial charge in [0.25, 0.3) is 0 Å². The van der Waals surface area contributed by atoms with Gasteiger partial charge in [-0.1, -0.05) is 26.3 Å². The molecule has 106 valence electrons. The van der Waals surface area contributed by atoms with Crippen LogP contribution in [0.1, 0.15) is 32.4 Å². The minimum atomic E-state index is 0.649. The van der Waals surface area contributed by atoms with Gasteiger partial charge in [-0.2, -0.15) is 0 Å². The fraction of sp³-hybridized carbons (Fsp3) is 0.688. The Kier molecular flexibility index (Phi) is 5.80. The lowest BCUT2D eigenvalue weighted by atomic mass is 9.99. The van der Waals surface area contributed by atoms with E-state index < -0.39 is 0 Å². The number of hydrogen-bond acceptors (Lipinski definition) is 3. The number of pyridine rings is 1. The third-order valence-electron chi connectivity index (χ3n) is 4.25. The van der Waals surface area contributed by atoms with Gasteiger partial charge in [0.1, 0.15) is 0 Å². The van der Waals surface area contributed by atoms with Crippen molar-refractivity contribution in [3.8, 4) is 0 Å². The fourth-order valence-electron chi connectivity index (χ4n) is 2.71. The molecule has 0 bridgehead atoms. The molecule has 1 aromatic rings. The summed E-state index contributed by atoms with van der Waals surface area (Å²) in [6.07, 6.45) is 5.47. The maximum atomic E-state index is 4.41. The van der Waals surface area contributed by atoms with Crippen molar-refractivity contribution in [2.75, 3.05) is 26.2 Å².